The van der Waals surface area contributed by atoms with E-state index in [1.165, 1.54) is 12.3 Å². The number of rotatable bonds is 3. The van der Waals surface area contributed by atoms with Crippen LogP contribution in [0.5, 0.6) is 0 Å². The van der Waals surface area contributed by atoms with Crippen LogP contribution in [0.4, 0.5) is 5.69 Å². The number of carbonyl (C=O) groups is 2. The first-order valence-electron chi connectivity index (χ1n) is 7.55. The van der Waals surface area contributed by atoms with E-state index in [0.717, 1.165) is 6.21 Å². The lowest BCUT2D eigenvalue weighted by Crippen LogP contribution is -2.32. The van der Waals surface area contributed by atoms with Crippen molar-refractivity contribution in [3.05, 3.63) is 74.6 Å². The highest BCUT2D eigenvalue weighted by Crippen LogP contribution is 2.16. The average Bonchev–Trinajstić information content (AvgIpc) is 2.65. The molecule has 0 fully saturated rings. The van der Waals surface area contributed by atoms with Crippen LogP contribution in [0, 0.1) is 0 Å². The van der Waals surface area contributed by atoms with Gasteiger partial charge in [-0.25, -0.2) is 5.43 Å². The molecule has 1 heterocycles. The Morgan fingerprint density at radius 2 is 1.70 bits per heavy atom. The second-order valence-corrected chi connectivity index (χ2v) is 6.19. The highest BCUT2D eigenvalue weighted by Gasteiger charge is 2.13. The molecule has 0 aliphatic heterocycles. The molecule has 0 aliphatic carbocycles. The molecule has 2 amide bonds. The van der Waals surface area contributed by atoms with Crippen LogP contribution in [-0.4, -0.2) is 18.0 Å². The Balaban J connectivity index is 1.68. The molecule has 3 aromatic rings. The lowest BCUT2D eigenvalue weighted by atomic mass is 10.2. The first kappa shape index (κ1) is 18.6. The zero-order valence-corrected chi connectivity index (χ0v) is 15.0. The summed E-state index contributed by atoms with van der Waals surface area (Å²) < 4.78 is 5.32. The summed E-state index contributed by atoms with van der Waals surface area (Å²) in [5.41, 5.74) is 2.52. The monoisotopic (exact) mass is 403 g/mol. The van der Waals surface area contributed by atoms with E-state index in [2.05, 4.69) is 10.4 Å². The standard InChI is InChI=1S/C18H11Cl2N3O4/c19-11-1-4-13(5-2-11)22-17(25)18(26)23-21-8-10-9-27-15-6-3-12(20)7-14(15)16(10)24/h1-9H,(H,22,25)(H,23,26)/b21-8-. The van der Waals surface area contributed by atoms with Crippen molar-refractivity contribution in [3.63, 3.8) is 0 Å². The smallest absolute Gasteiger partial charge is 0.329 e. The molecule has 9 heteroatoms. The molecule has 0 atom stereocenters. The van der Waals surface area contributed by atoms with Crippen molar-refractivity contribution in [3.8, 4) is 0 Å². The Bertz CT molecular complexity index is 1110. The van der Waals surface area contributed by atoms with E-state index in [9.17, 15) is 14.4 Å². The van der Waals surface area contributed by atoms with E-state index in [0.29, 0.717) is 21.3 Å². The van der Waals surface area contributed by atoms with Gasteiger partial charge in [0.2, 0.25) is 5.43 Å². The number of benzene rings is 2. The normalized spacial score (nSPS) is 10.9. The summed E-state index contributed by atoms with van der Waals surface area (Å²) in [4.78, 5) is 35.9. The van der Waals surface area contributed by atoms with Gasteiger partial charge in [0.15, 0.2) is 0 Å². The molecule has 2 N–H and O–H groups in total. The minimum absolute atomic E-state index is 0.0863. The fraction of sp³-hybridized carbons (Fsp3) is 0. The van der Waals surface area contributed by atoms with Gasteiger partial charge >= 0.3 is 11.8 Å². The van der Waals surface area contributed by atoms with Gasteiger partial charge in [-0.3, -0.25) is 14.4 Å². The number of hydrogen-bond acceptors (Lipinski definition) is 5. The van der Waals surface area contributed by atoms with Gasteiger partial charge in [-0.1, -0.05) is 23.2 Å². The van der Waals surface area contributed by atoms with Crippen LogP contribution in [0.2, 0.25) is 10.0 Å². The van der Waals surface area contributed by atoms with Crippen LogP contribution in [0.1, 0.15) is 5.56 Å². The number of anilines is 1. The first-order chi connectivity index (χ1) is 12.9. The van der Waals surface area contributed by atoms with Crippen molar-refractivity contribution in [2.45, 2.75) is 0 Å². The van der Waals surface area contributed by atoms with Crippen molar-refractivity contribution in [2.75, 3.05) is 5.32 Å². The Morgan fingerprint density at radius 1 is 1.00 bits per heavy atom. The maximum absolute atomic E-state index is 12.3. The van der Waals surface area contributed by atoms with Gasteiger partial charge < -0.3 is 9.73 Å². The van der Waals surface area contributed by atoms with E-state index < -0.39 is 11.8 Å². The van der Waals surface area contributed by atoms with Crippen LogP contribution in [0.3, 0.4) is 0 Å². The second-order valence-electron chi connectivity index (χ2n) is 5.32. The third kappa shape index (κ3) is 4.52. The van der Waals surface area contributed by atoms with Gasteiger partial charge in [-0.2, -0.15) is 5.10 Å². The summed E-state index contributed by atoms with van der Waals surface area (Å²) >= 11 is 11.6. The fourth-order valence-electron chi connectivity index (χ4n) is 2.14. The van der Waals surface area contributed by atoms with Gasteiger partial charge in [0.1, 0.15) is 11.8 Å². The first-order valence-corrected chi connectivity index (χ1v) is 8.30. The van der Waals surface area contributed by atoms with Crippen molar-refractivity contribution in [1.29, 1.82) is 0 Å². The van der Waals surface area contributed by atoms with Crippen molar-refractivity contribution in [2.24, 2.45) is 5.10 Å². The lowest BCUT2D eigenvalue weighted by Gasteiger charge is -2.03. The third-order valence-electron chi connectivity index (χ3n) is 3.44. The van der Waals surface area contributed by atoms with Crippen LogP contribution in [0.15, 0.2) is 63.0 Å². The van der Waals surface area contributed by atoms with Crippen molar-refractivity contribution in [1.82, 2.24) is 5.43 Å². The van der Waals surface area contributed by atoms with E-state index in [4.69, 9.17) is 27.6 Å². The minimum atomic E-state index is -1.01. The molecule has 0 radical (unpaired) electrons. The van der Waals surface area contributed by atoms with Gasteiger partial charge in [0.05, 0.1) is 17.2 Å². The molecule has 2 aromatic carbocycles. The molecule has 27 heavy (non-hydrogen) atoms. The number of nitrogens with zero attached hydrogens (tertiary/aromatic N) is 1. The summed E-state index contributed by atoms with van der Waals surface area (Å²) in [6, 6.07) is 10.9. The third-order valence-corrected chi connectivity index (χ3v) is 3.93. The van der Waals surface area contributed by atoms with Crippen molar-refractivity contribution >= 4 is 57.9 Å². The zero-order valence-electron chi connectivity index (χ0n) is 13.5. The number of hydrogen-bond donors (Lipinski definition) is 2. The van der Waals surface area contributed by atoms with Gasteiger partial charge in [-0.15, -0.1) is 0 Å². The average molecular weight is 404 g/mol. The number of halogens is 2. The Labute approximate surface area is 162 Å². The minimum Gasteiger partial charge on any atom is -0.463 e. The van der Waals surface area contributed by atoms with Crippen LogP contribution < -0.4 is 16.2 Å². The van der Waals surface area contributed by atoms with E-state index >= 15 is 0 Å². The van der Waals surface area contributed by atoms with Crippen molar-refractivity contribution < 1.29 is 14.0 Å². The molecule has 136 valence electrons. The molecular weight excluding hydrogens is 393 g/mol. The molecule has 3 rings (SSSR count). The summed E-state index contributed by atoms with van der Waals surface area (Å²) in [5.74, 6) is -1.93. The maximum atomic E-state index is 12.3. The number of hydrazone groups is 1. The second kappa shape index (κ2) is 8.03. The predicted octanol–water partition coefficient (Wildman–Crippen LogP) is 3.19. The van der Waals surface area contributed by atoms with E-state index in [1.54, 1.807) is 36.4 Å². The summed E-state index contributed by atoms with van der Waals surface area (Å²) in [7, 11) is 0. The SMILES string of the molecule is O=C(N/N=C\c1coc2ccc(Cl)cc2c1=O)C(=O)Nc1ccc(Cl)cc1. The van der Waals surface area contributed by atoms with Gasteiger partial charge in [-0.05, 0) is 42.5 Å². The number of amides is 2. The Kier molecular flexibility index (Phi) is 5.54. The van der Waals surface area contributed by atoms with Crippen LogP contribution in [-0.2, 0) is 9.59 Å². The largest absolute Gasteiger partial charge is 0.463 e. The summed E-state index contributed by atoms with van der Waals surface area (Å²) in [5, 5.41) is 7.15. The van der Waals surface area contributed by atoms with Crippen LogP contribution in [0.25, 0.3) is 11.0 Å². The van der Waals surface area contributed by atoms with E-state index in [-0.39, 0.29) is 16.4 Å². The Hall–Kier alpha value is -3.16. The molecule has 0 bridgehead atoms. The predicted molar refractivity (Wildman–Crippen MR) is 103 cm³/mol. The Morgan fingerprint density at radius 3 is 2.44 bits per heavy atom. The zero-order chi connectivity index (χ0) is 19.4. The topological polar surface area (TPSA) is 101 Å². The maximum Gasteiger partial charge on any atom is 0.329 e. The number of carbonyl (C=O) groups excluding carboxylic acids is 2. The molecule has 0 unspecified atom stereocenters. The number of nitrogens with one attached hydrogen (secondary N) is 2. The lowest BCUT2D eigenvalue weighted by molar-refractivity contribution is -0.136. The summed E-state index contributed by atoms with van der Waals surface area (Å²) in [6.45, 7) is 0. The fourth-order valence-corrected chi connectivity index (χ4v) is 2.44. The highest BCUT2D eigenvalue weighted by molar-refractivity contribution is 6.39. The molecule has 0 saturated heterocycles. The molecule has 1 aromatic heterocycles. The van der Waals surface area contributed by atoms with Gasteiger partial charge in [0, 0.05) is 15.7 Å². The molecular formula is C18H11Cl2N3O4. The van der Waals surface area contributed by atoms with Crippen LogP contribution >= 0.6 is 23.2 Å². The highest BCUT2D eigenvalue weighted by atomic mass is 35.5. The quantitative estimate of drug-likeness (QED) is 0.398. The van der Waals surface area contributed by atoms with E-state index in [1.807, 2.05) is 5.43 Å². The van der Waals surface area contributed by atoms with Gasteiger partial charge in [0.25, 0.3) is 0 Å². The molecule has 7 nitrogen and oxygen atoms in total. The number of fused-ring (bicyclic) bond motifs is 1. The molecule has 0 aliphatic rings. The molecule has 0 saturated carbocycles. The summed E-state index contributed by atoms with van der Waals surface area (Å²) in [6.07, 6.45) is 2.28. The molecule has 0 spiro atoms.